The molecule has 2 aliphatic rings. The molecule has 0 radical (unpaired) electrons. The van der Waals surface area contributed by atoms with E-state index in [0.29, 0.717) is 17.4 Å². The Bertz CT molecular complexity index is 302. The summed E-state index contributed by atoms with van der Waals surface area (Å²) < 4.78 is 5.31. The van der Waals surface area contributed by atoms with Gasteiger partial charge in [-0.2, -0.15) is 0 Å². The van der Waals surface area contributed by atoms with Gasteiger partial charge in [-0.3, -0.25) is 0 Å². The highest BCUT2D eigenvalue weighted by atomic mass is 16.5. The van der Waals surface area contributed by atoms with Gasteiger partial charge in [0.15, 0.2) is 0 Å². The molecule has 0 aromatic rings. The fourth-order valence-electron chi connectivity index (χ4n) is 4.25. The minimum absolute atomic E-state index is 0.0915. The van der Waals surface area contributed by atoms with E-state index in [1.54, 1.807) is 0 Å². The molecule has 1 atom stereocenters. The molecule has 1 unspecified atom stereocenters. The van der Waals surface area contributed by atoms with Crippen LogP contribution in [0.3, 0.4) is 0 Å². The van der Waals surface area contributed by atoms with Gasteiger partial charge >= 0.3 is 0 Å². The quantitative estimate of drug-likeness (QED) is 0.395. The molecule has 0 aliphatic heterocycles. The van der Waals surface area contributed by atoms with Crippen molar-refractivity contribution in [2.24, 2.45) is 10.8 Å². The predicted molar refractivity (Wildman–Crippen MR) is 99.1 cm³/mol. The molecule has 0 heterocycles. The normalized spacial score (nSPS) is 21.6. The Kier molecular flexibility index (Phi) is 8.53. The van der Waals surface area contributed by atoms with Gasteiger partial charge in [0.1, 0.15) is 0 Å². The molecular weight excluding hydrogens is 300 g/mol. The number of rotatable bonds is 16. The lowest BCUT2D eigenvalue weighted by Crippen LogP contribution is -2.09. The van der Waals surface area contributed by atoms with E-state index in [4.69, 9.17) is 9.84 Å². The van der Waals surface area contributed by atoms with Crippen LogP contribution in [0, 0.1) is 10.8 Å². The molecule has 2 rings (SSSR count). The molecule has 2 fully saturated rings. The number of methoxy groups -OCH3 is 1. The van der Waals surface area contributed by atoms with Crippen molar-refractivity contribution in [3.05, 3.63) is 0 Å². The first kappa shape index (κ1) is 20.2. The van der Waals surface area contributed by atoms with Crippen LogP contribution < -0.4 is 0 Å². The van der Waals surface area contributed by atoms with Gasteiger partial charge in [0.25, 0.3) is 0 Å². The second-order valence-electron chi connectivity index (χ2n) is 8.76. The van der Waals surface area contributed by atoms with Crippen LogP contribution in [0.1, 0.15) is 96.3 Å². The van der Waals surface area contributed by atoms with E-state index >= 15 is 0 Å². The van der Waals surface area contributed by atoms with Crippen molar-refractivity contribution in [1.29, 1.82) is 0 Å². The molecule has 142 valence electrons. The number of hydrogen-bond acceptors (Lipinski definition) is 3. The maximum Gasteiger partial charge on any atom is 0.0540 e. The van der Waals surface area contributed by atoms with E-state index in [1.807, 2.05) is 7.11 Å². The highest BCUT2D eigenvalue weighted by Crippen LogP contribution is 2.52. The van der Waals surface area contributed by atoms with Crippen LogP contribution in [0.25, 0.3) is 0 Å². The largest absolute Gasteiger partial charge is 0.396 e. The van der Waals surface area contributed by atoms with E-state index < -0.39 is 0 Å². The molecule has 3 heteroatoms. The summed E-state index contributed by atoms with van der Waals surface area (Å²) in [5.41, 5.74) is 1.04. The van der Waals surface area contributed by atoms with E-state index in [9.17, 15) is 5.11 Å². The summed E-state index contributed by atoms with van der Waals surface area (Å²) in [5.74, 6) is 0. The van der Waals surface area contributed by atoms with Crippen molar-refractivity contribution < 1.29 is 14.9 Å². The molecule has 24 heavy (non-hydrogen) atoms. The second-order valence-corrected chi connectivity index (χ2v) is 8.76. The Morgan fingerprint density at radius 1 is 0.792 bits per heavy atom. The summed E-state index contributed by atoms with van der Waals surface area (Å²) in [4.78, 5) is 0. The van der Waals surface area contributed by atoms with E-state index in [2.05, 4.69) is 0 Å². The Morgan fingerprint density at radius 2 is 1.33 bits per heavy atom. The van der Waals surface area contributed by atoms with Gasteiger partial charge in [0.2, 0.25) is 0 Å². The first-order chi connectivity index (χ1) is 11.6. The van der Waals surface area contributed by atoms with Crippen LogP contribution >= 0.6 is 0 Å². The molecule has 0 spiro atoms. The summed E-state index contributed by atoms with van der Waals surface area (Å²) in [6.07, 6.45) is 18.2. The molecular formula is C21H40O3. The van der Waals surface area contributed by atoms with Crippen LogP contribution in [0.4, 0.5) is 0 Å². The van der Waals surface area contributed by atoms with Crippen molar-refractivity contribution >= 4 is 0 Å². The Morgan fingerprint density at radius 3 is 1.79 bits per heavy atom. The molecule has 3 nitrogen and oxygen atoms in total. The van der Waals surface area contributed by atoms with Crippen molar-refractivity contribution in [3.8, 4) is 0 Å². The Balaban J connectivity index is 1.37. The summed E-state index contributed by atoms with van der Waals surface area (Å²) >= 11 is 0. The minimum Gasteiger partial charge on any atom is -0.396 e. The van der Waals surface area contributed by atoms with Crippen LogP contribution in [0.2, 0.25) is 0 Å². The van der Waals surface area contributed by atoms with E-state index in [-0.39, 0.29) is 6.10 Å². The zero-order valence-corrected chi connectivity index (χ0v) is 15.9. The zero-order chi connectivity index (χ0) is 17.3. The first-order valence-electron chi connectivity index (χ1n) is 10.4. The van der Waals surface area contributed by atoms with Crippen molar-refractivity contribution in [2.75, 3.05) is 20.3 Å². The van der Waals surface area contributed by atoms with Crippen LogP contribution in [-0.4, -0.2) is 36.6 Å². The number of ether oxygens (including phenoxy) is 1. The molecule has 0 bridgehead atoms. The lowest BCUT2D eigenvalue weighted by Gasteiger charge is -2.15. The van der Waals surface area contributed by atoms with Gasteiger partial charge in [-0.1, -0.05) is 38.5 Å². The molecule has 0 amide bonds. The molecule has 0 aromatic carbocycles. The molecule has 2 saturated carbocycles. The summed E-state index contributed by atoms with van der Waals surface area (Å²) in [5, 5.41) is 19.2. The molecule has 2 aliphatic carbocycles. The number of unbranched alkanes of at least 4 members (excludes halogenated alkanes) is 4. The number of aliphatic hydroxyl groups is 2. The summed E-state index contributed by atoms with van der Waals surface area (Å²) in [6, 6.07) is 0. The number of hydrogen-bond donors (Lipinski definition) is 2. The third-order valence-corrected chi connectivity index (χ3v) is 6.50. The SMILES string of the molecule is COCC1(CCCCCC(O)CCCCCC2(CCO)CC2)CC1. The highest BCUT2D eigenvalue weighted by molar-refractivity contribution is 4.93. The van der Waals surface area contributed by atoms with E-state index in [0.717, 1.165) is 32.3 Å². The smallest absolute Gasteiger partial charge is 0.0540 e. The van der Waals surface area contributed by atoms with E-state index in [1.165, 1.54) is 70.6 Å². The molecule has 2 N–H and O–H groups in total. The zero-order valence-electron chi connectivity index (χ0n) is 15.9. The van der Waals surface area contributed by atoms with Gasteiger partial charge in [0.05, 0.1) is 12.7 Å². The standard InChI is InChI=1S/C21H40O3/c1-24-18-21(14-15-21)11-7-3-5-9-19(23)8-4-2-6-10-20(12-13-20)16-17-22/h19,22-23H,2-18H2,1H3. The third-order valence-electron chi connectivity index (χ3n) is 6.50. The van der Waals surface area contributed by atoms with Gasteiger partial charge in [-0.15, -0.1) is 0 Å². The average molecular weight is 341 g/mol. The lowest BCUT2D eigenvalue weighted by molar-refractivity contribution is 0.132. The lowest BCUT2D eigenvalue weighted by atomic mass is 9.94. The monoisotopic (exact) mass is 340 g/mol. The highest BCUT2D eigenvalue weighted by Gasteiger charge is 2.41. The van der Waals surface area contributed by atoms with Gasteiger partial charge < -0.3 is 14.9 Å². The average Bonchev–Trinajstić information content (AvgIpc) is 3.47. The topological polar surface area (TPSA) is 49.7 Å². The maximum atomic E-state index is 10.1. The number of aliphatic hydroxyl groups excluding tert-OH is 2. The van der Waals surface area contributed by atoms with Crippen molar-refractivity contribution in [1.82, 2.24) is 0 Å². The fraction of sp³-hybridized carbons (Fsp3) is 1.00. The fourth-order valence-corrected chi connectivity index (χ4v) is 4.25. The Labute approximate surface area is 149 Å². The summed E-state index contributed by atoms with van der Waals surface area (Å²) in [6.45, 7) is 1.29. The van der Waals surface area contributed by atoms with Crippen LogP contribution in [0.5, 0.6) is 0 Å². The third kappa shape index (κ3) is 7.41. The van der Waals surface area contributed by atoms with Gasteiger partial charge in [-0.25, -0.2) is 0 Å². The summed E-state index contributed by atoms with van der Waals surface area (Å²) in [7, 11) is 1.81. The van der Waals surface area contributed by atoms with Gasteiger partial charge in [-0.05, 0) is 68.6 Å². The predicted octanol–water partition coefficient (Wildman–Crippen LogP) is 4.84. The van der Waals surface area contributed by atoms with Crippen LogP contribution in [0.15, 0.2) is 0 Å². The van der Waals surface area contributed by atoms with Gasteiger partial charge in [0, 0.05) is 13.7 Å². The van der Waals surface area contributed by atoms with Crippen LogP contribution in [-0.2, 0) is 4.74 Å². The second kappa shape index (κ2) is 10.1. The Hall–Kier alpha value is -0.120. The molecule has 0 aromatic heterocycles. The molecule has 0 saturated heterocycles. The first-order valence-corrected chi connectivity index (χ1v) is 10.4. The minimum atomic E-state index is -0.0915. The van der Waals surface area contributed by atoms with Crippen molar-refractivity contribution in [2.45, 2.75) is 102 Å². The van der Waals surface area contributed by atoms with Crippen molar-refractivity contribution in [3.63, 3.8) is 0 Å². The maximum absolute atomic E-state index is 10.1.